The molecular formula is C42H43N3O8. The Kier molecular flexibility index (Phi) is 12.3. The Morgan fingerprint density at radius 1 is 0.774 bits per heavy atom. The molecule has 0 saturated carbocycles. The van der Waals surface area contributed by atoms with E-state index in [0.29, 0.717) is 51.7 Å². The number of benzene rings is 4. The first-order valence-electron chi connectivity index (χ1n) is 17.9. The number of rotatable bonds is 17. The molecule has 0 bridgehead atoms. The van der Waals surface area contributed by atoms with Gasteiger partial charge in [-0.2, -0.15) is 0 Å². The van der Waals surface area contributed by atoms with Crippen LogP contribution in [0.4, 0.5) is 5.69 Å². The monoisotopic (exact) mass is 717 g/mol. The van der Waals surface area contributed by atoms with Gasteiger partial charge in [0.15, 0.2) is 0 Å². The van der Waals surface area contributed by atoms with Gasteiger partial charge in [-0.05, 0) is 89.6 Å². The Hall–Kier alpha value is -5.78. The first kappa shape index (κ1) is 37.0. The molecule has 274 valence electrons. The summed E-state index contributed by atoms with van der Waals surface area (Å²) < 4.78 is 17.3. The number of hydrogen-bond donors (Lipinski definition) is 3. The number of anilines is 1. The van der Waals surface area contributed by atoms with Crippen LogP contribution in [-0.2, 0) is 19.1 Å². The number of piperidine rings is 1. The number of hydrogen-bond acceptors (Lipinski definition) is 9. The summed E-state index contributed by atoms with van der Waals surface area (Å²) in [5.41, 5.74) is 6.74. The number of phenolic OH excluding ortho intramolecular Hbond substituents is 1. The fourth-order valence-corrected chi connectivity index (χ4v) is 6.55. The van der Waals surface area contributed by atoms with Crippen LogP contribution in [0.5, 0.6) is 11.5 Å². The standard InChI is InChI=1S/C42H43N3O8/c1-2-34(28-7-4-3-5-8-28)39(29-9-14-32(46)15-10-29)30-11-16-33(17-12-30)53-26-25-52-24-23-51-22-6-21-43-31-13-18-35-36(27-31)42(50)45(41(35)49)37-19-20-38(47)44-40(37)48/h3-5,7-18,27,37,43,46H,2,6,19-26H2,1H3,(H,44,47,48)/b39-34-. The van der Waals surface area contributed by atoms with Crippen molar-refractivity contribution in [1.82, 2.24) is 10.2 Å². The Bertz CT molecular complexity index is 1960. The minimum absolute atomic E-state index is 0.0780. The average molecular weight is 718 g/mol. The molecule has 4 aromatic carbocycles. The third kappa shape index (κ3) is 9.00. The van der Waals surface area contributed by atoms with Crippen molar-refractivity contribution in [3.05, 3.63) is 125 Å². The number of nitrogens with one attached hydrogen (secondary N) is 2. The van der Waals surface area contributed by atoms with E-state index in [9.17, 15) is 24.3 Å². The molecule has 0 aromatic heterocycles. The van der Waals surface area contributed by atoms with E-state index in [1.165, 1.54) is 5.57 Å². The normalized spacial score (nSPS) is 15.9. The lowest BCUT2D eigenvalue weighted by atomic mass is 9.88. The Morgan fingerprint density at radius 2 is 1.43 bits per heavy atom. The zero-order chi connectivity index (χ0) is 37.2. The zero-order valence-corrected chi connectivity index (χ0v) is 29.6. The van der Waals surface area contributed by atoms with Crippen molar-refractivity contribution in [3.8, 4) is 11.5 Å². The van der Waals surface area contributed by atoms with Crippen molar-refractivity contribution < 1.29 is 38.5 Å². The van der Waals surface area contributed by atoms with E-state index in [0.717, 1.165) is 39.3 Å². The number of ether oxygens (including phenoxy) is 3. The molecule has 0 radical (unpaired) electrons. The van der Waals surface area contributed by atoms with E-state index in [-0.39, 0.29) is 29.7 Å². The number of fused-ring (bicyclic) bond motifs is 1. The summed E-state index contributed by atoms with van der Waals surface area (Å²) in [6, 6.07) is 29.6. The van der Waals surface area contributed by atoms with Gasteiger partial charge in [0.2, 0.25) is 11.8 Å². The van der Waals surface area contributed by atoms with Crippen LogP contribution in [0.25, 0.3) is 11.1 Å². The highest BCUT2D eigenvalue weighted by atomic mass is 16.5. The van der Waals surface area contributed by atoms with Crippen LogP contribution in [0.1, 0.15) is 70.0 Å². The molecular weight excluding hydrogens is 674 g/mol. The molecule has 0 spiro atoms. The number of phenols is 1. The van der Waals surface area contributed by atoms with E-state index in [4.69, 9.17) is 14.2 Å². The number of amides is 4. The highest BCUT2D eigenvalue weighted by Gasteiger charge is 2.44. The van der Waals surface area contributed by atoms with Crippen molar-refractivity contribution in [2.24, 2.45) is 0 Å². The smallest absolute Gasteiger partial charge is 0.262 e. The minimum Gasteiger partial charge on any atom is -0.508 e. The van der Waals surface area contributed by atoms with E-state index in [2.05, 4.69) is 41.8 Å². The average Bonchev–Trinajstić information content (AvgIpc) is 3.42. The molecule has 53 heavy (non-hydrogen) atoms. The summed E-state index contributed by atoms with van der Waals surface area (Å²) in [4.78, 5) is 50.6. The summed E-state index contributed by atoms with van der Waals surface area (Å²) >= 11 is 0. The third-order valence-corrected chi connectivity index (χ3v) is 9.18. The summed E-state index contributed by atoms with van der Waals surface area (Å²) in [6.45, 7) is 4.93. The molecule has 2 heterocycles. The van der Waals surface area contributed by atoms with Crippen molar-refractivity contribution in [1.29, 1.82) is 0 Å². The Balaban J connectivity index is 0.886. The third-order valence-electron chi connectivity index (χ3n) is 9.18. The summed E-state index contributed by atoms with van der Waals surface area (Å²) in [5.74, 6) is -1.12. The van der Waals surface area contributed by atoms with Gasteiger partial charge in [0.25, 0.3) is 11.8 Å². The Morgan fingerprint density at radius 3 is 2.13 bits per heavy atom. The lowest BCUT2D eigenvalue weighted by Crippen LogP contribution is -2.54. The molecule has 1 atom stereocenters. The second-order valence-electron chi connectivity index (χ2n) is 12.7. The van der Waals surface area contributed by atoms with Gasteiger partial charge < -0.3 is 24.6 Å². The van der Waals surface area contributed by atoms with E-state index in [1.807, 2.05) is 42.5 Å². The summed E-state index contributed by atoms with van der Waals surface area (Å²) in [7, 11) is 0. The van der Waals surface area contributed by atoms with Crippen LogP contribution in [0, 0.1) is 0 Å². The quantitative estimate of drug-likeness (QED) is 0.0673. The molecule has 0 aliphatic carbocycles. The van der Waals surface area contributed by atoms with Gasteiger partial charge in [0, 0.05) is 25.3 Å². The number of carbonyl (C=O) groups is 4. The van der Waals surface area contributed by atoms with Gasteiger partial charge in [-0.3, -0.25) is 29.4 Å². The molecule has 3 N–H and O–H groups in total. The Labute approximate surface area is 308 Å². The lowest BCUT2D eigenvalue weighted by Gasteiger charge is -2.27. The maximum Gasteiger partial charge on any atom is 0.262 e. The van der Waals surface area contributed by atoms with Gasteiger partial charge in [-0.1, -0.05) is 61.5 Å². The lowest BCUT2D eigenvalue weighted by molar-refractivity contribution is -0.136. The van der Waals surface area contributed by atoms with Crippen LogP contribution in [-0.4, -0.2) is 79.3 Å². The number of carbonyl (C=O) groups excluding carboxylic acids is 4. The van der Waals surface area contributed by atoms with Crippen molar-refractivity contribution in [3.63, 3.8) is 0 Å². The molecule has 1 saturated heterocycles. The molecule has 11 heteroatoms. The molecule has 2 aliphatic heterocycles. The van der Waals surface area contributed by atoms with Crippen LogP contribution in [0.15, 0.2) is 97.1 Å². The van der Waals surface area contributed by atoms with Gasteiger partial charge in [0.05, 0.1) is 30.9 Å². The van der Waals surface area contributed by atoms with Crippen molar-refractivity contribution in [2.45, 2.75) is 38.6 Å². The number of aromatic hydroxyl groups is 1. The number of imide groups is 2. The van der Waals surface area contributed by atoms with Gasteiger partial charge in [-0.25, -0.2) is 0 Å². The molecule has 1 fully saturated rings. The van der Waals surface area contributed by atoms with Crippen molar-refractivity contribution in [2.75, 3.05) is 44.9 Å². The fourth-order valence-electron chi connectivity index (χ4n) is 6.55. The van der Waals surface area contributed by atoms with Gasteiger partial charge >= 0.3 is 0 Å². The second-order valence-corrected chi connectivity index (χ2v) is 12.7. The first-order valence-corrected chi connectivity index (χ1v) is 17.9. The predicted molar refractivity (Wildman–Crippen MR) is 201 cm³/mol. The second kappa shape index (κ2) is 17.6. The predicted octanol–water partition coefficient (Wildman–Crippen LogP) is 6.08. The summed E-state index contributed by atoms with van der Waals surface area (Å²) in [6.07, 6.45) is 1.75. The van der Waals surface area contributed by atoms with E-state index >= 15 is 0 Å². The maximum absolute atomic E-state index is 13.0. The number of nitrogens with zero attached hydrogens (tertiary/aromatic N) is 1. The van der Waals surface area contributed by atoms with Crippen LogP contribution < -0.4 is 15.4 Å². The van der Waals surface area contributed by atoms with E-state index in [1.54, 1.807) is 30.3 Å². The maximum atomic E-state index is 13.0. The fraction of sp³-hybridized carbons (Fsp3) is 0.286. The largest absolute Gasteiger partial charge is 0.508 e. The minimum atomic E-state index is -0.988. The highest BCUT2D eigenvalue weighted by Crippen LogP contribution is 2.36. The molecule has 11 nitrogen and oxygen atoms in total. The van der Waals surface area contributed by atoms with Crippen LogP contribution >= 0.6 is 0 Å². The van der Waals surface area contributed by atoms with E-state index < -0.39 is 29.7 Å². The molecule has 4 aromatic rings. The topological polar surface area (TPSA) is 144 Å². The van der Waals surface area contributed by atoms with Crippen LogP contribution in [0.2, 0.25) is 0 Å². The van der Waals surface area contributed by atoms with Gasteiger partial charge in [-0.15, -0.1) is 0 Å². The highest BCUT2D eigenvalue weighted by molar-refractivity contribution is 6.23. The number of allylic oxidation sites excluding steroid dienone is 1. The van der Waals surface area contributed by atoms with Crippen LogP contribution in [0.3, 0.4) is 0 Å². The zero-order valence-electron chi connectivity index (χ0n) is 29.6. The van der Waals surface area contributed by atoms with Crippen molar-refractivity contribution >= 4 is 40.5 Å². The molecule has 2 aliphatic rings. The molecule has 1 unspecified atom stereocenters. The van der Waals surface area contributed by atoms with Gasteiger partial charge in [0.1, 0.15) is 24.1 Å². The molecule has 4 amide bonds. The first-order chi connectivity index (χ1) is 25.8. The SMILES string of the molecule is CC/C(=C(\c1ccc(O)cc1)c1ccc(OCCOCCOCCCNc2ccc3c(c2)C(=O)N(C2CCC(=O)NC2=O)C3=O)cc1)c1ccccc1. The molecule has 6 rings (SSSR count). The summed E-state index contributed by atoms with van der Waals surface area (Å²) in [5, 5.41) is 15.3.